The SMILES string of the molecule is C=CC1=C(C=C)NNN1.CC.[HH]. The summed E-state index contributed by atoms with van der Waals surface area (Å²) in [5.74, 6) is 0. The van der Waals surface area contributed by atoms with Crippen LogP contribution >= 0.6 is 0 Å². The Hall–Kier alpha value is -1.22. The molecule has 0 bridgehead atoms. The Kier molecular flexibility index (Phi) is 4.94. The average Bonchev–Trinajstić information content (AvgIpc) is 2.54. The van der Waals surface area contributed by atoms with E-state index in [4.69, 9.17) is 0 Å². The molecule has 0 saturated carbocycles. The van der Waals surface area contributed by atoms with Crippen LogP contribution in [0.4, 0.5) is 0 Å². The molecule has 1 heterocycles. The molecule has 3 N–H and O–H groups in total. The van der Waals surface area contributed by atoms with Crippen molar-refractivity contribution in [2.24, 2.45) is 0 Å². The van der Waals surface area contributed by atoms with Crippen LogP contribution in [-0.4, -0.2) is 0 Å². The van der Waals surface area contributed by atoms with E-state index >= 15 is 0 Å². The molecule has 0 saturated heterocycles. The van der Waals surface area contributed by atoms with Crippen LogP contribution in [0, 0.1) is 0 Å². The van der Waals surface area contributed by atoms with Crippen molar-refractivity contribution in [3.05, 3.63) is 36.7 Å². The van der Waals surface area contributed by atoms with Crippen molar-refractivity contribution in [2.75, 3.05) is 0 Å². The second-order valence-electron chi connectivity index (χ2n) is 1.61. The van der Waals surface area contributed by atoms with Crippen LogP contribution in [-0.2, 0) is 0 Å². The van der Waals surface area contributed by atoms with E-state index in [9.17, 15) is 0 Å². The van der Waals surface area contributed by atoms with Crippen LogP contribution in [0.25, 0.3) is 0 Å². The van der Waals surface area contributed by atoms with Gasteiger partial charge in [0.05, 0.1) is 11.4 Å². The first kappa shape index (κ1) is 9.78. The van der Waals surface area contributed by atoms with Gasteiger partial charge in [-0.1, -0.05) is 27.0 Å². The number of hydrogen-bond donors (Lipinski definition) is 3. The highest BCUT2D eigenvalue weighted by Gasteiger charge is 2.04. The van der Waals surface area contributed by atoms with Crippen molar-refractivity contribution < 1.29 is 1.43 Å². The van der Waals surface area contributed by atoms with Gasteiger partial charge in [0, 0.05) is 1.43 Å². The van der Waals surface area contributed by atoms with Crippen molar-refractivity contribution in [3.8, 4) is 0 Å². The number of hydrazine groups is 2. The molecule has 0 aromatic carbocycles. The highest BCUT2D eigenvalue weighted by Crippen LogP contribution is 2.01. The lowest BCUT2D eigenvalue weighted by Crippen LogP contribution is -2.32. The highest BCUT2D eigenvalue weighted by molar-refractivity contribution is 5.30. The van der Waals surface area contributed by atoms with Crippen LogP contribution in [0.1, 0.15) is 15.3 Å². The molecule has 0 fully saturated rings. The fourth-order valence-electron chi connectivity index (χ4n) is 0.623. The van der Waals surface area contributed by atoms with E-state index in [-0.39, 0.29) is 1.43 Å². The van der Waals surface area contributed by atoms with Gasteiger partial charge in [-0.2, -0.15) is 0 Å². The van der Waals surface area contributed by atoms with Crippen molar-refractivity contribution in [1.29, 1.82) is 0 Å². The molecule has 11 heavy (non-hydrogen) atoms. The summed E-state index contributed by atoms with van der Waals surface area (Å²) < 4.78 is 0. The second-order valence-corrected chi connectivity index (χ2v) is 1.61. The van der Waals surface area contributed by atoms with Crippen molar-refractivity contribution in [2.45, 2.75) is 13.8 Å². The maximum atomic E-state index is 3.59. The Morgan fingerprint density at radius 1 is 1.09 bits per heavy atom. The van der Waals surface area contributed by atoms with Gasteiger partial charge in [0.2, 0.25) is 0 Å². The molecular weight excluding hydrogens is 138 g/mol. The Balaban J connectivity index is 0. The second kappa shape index (κ2) is 5.56. The lowest BCUT2D eigenvalue weighted by molar-refractivity contribution is 0.598. The van der Waals surface area contributed by atoms with Gasteiger partial charge < -0.3 is 10.9 Å². The first-order chi connectivity index (χ1) is 5.38. The standard InChI is InChI=1S/C6H9N3.C2H6.H2/c1-3-5-6(4-2)8-9-7-5;1-2;/h3-4,7-9H,1-2H2;1-2H3;1H. The van der Waals surface area contributed by atoms with E-state index in [0.29, 0.717) is 0 Å². The third-order valence-electron chi connectivity index (χ3n) is 1.09. The molecule has 0 atom stereocenters. The van der Waals surface area contributed by atoms with Crippen molar-refractivity contribution in [1.82, 2.24) is 16.4 Å². The first-order valence-corrected chi connectivity index (χ1v) is 3.64. The predicted molar refractivity (Wildman–Crippen MR) is 50.3 cm³/mol. The largest absolute Gasteiger partial charge is 0.302 e. The van der Waals surface area contributed by atoms with E-state index < -0.39 is 0 Å². The average molecular weight is 155 g/mol. The topological polar surface area (TPSA) is 36.1 Å². The summed E-state index contributed by atoms with van der Waals surface area (Å²) in [4.78, 5) is 0. The molecule has 3 nitrogen and oxygen atoms in total. The third kappa shape index (κ3) is 2.47. The van der Waals surface area contributed by atoms with Crippen LogP contribution in [0.2, 0.25) is 0 Å². The summed E-state index contributed by atoms with van der Waals surface area (Å²) in [6.07, 6.45) is 3.42. The zero-order valence-corrected chi connectivity index (χ0v) is 7.07. The number of rotatable bonds is 2. The van der Waals surface area contributed by atoms with Gasteiger partial charge in [-0.05, 0) is 12.2 Å². The minimum atomic E-state index is 0. The van der Waals surface area contributed by atoms with E-state index in [1.54, 1.807) is 12.2 Å². The minimum Gasteiger partial charge on any atom is -0.302 e. The lowest BCUT2D eigenvalue weighted by Gasteiger charge is -1.92. The summed E-state index contributed by atoms with van der Waals surface area (Å²) in [6, 6.07) is 0. The maximum Gasteiger partial charge on any atom is 0.0744 e. The van der Waals surface area contributed by atoms with Gasteiger partial charge in [-0.3, -0.25) is 0 Å². The highest BCUT2D eigenvalue weighted by atomic mass is 15.6. The number of allylic oxidation sites excluding steroid dienone is 2. The molecule has 1 aliphatic heterocycles. The van der Waals surface area contributed by atoms with Crippen molar-refractivity contribution in [3.63, 3.8) is 0 Å². The maximum absolute atomic E-state index is 3.59. The molecule has 0 aliphatic carbocycles. The van der Waals surface area contributed by atoms with Gasteiger partial charge in [-0.25, -0.2) is 0 Å². The Bertz CT molecular complexity index is 157. The predicted octanol–water partition coefficient (Wildman–Crippen LogP) is 1.45. The zero-order valence-electron chi connectivity index (χ0n) is 7.07. The van der Waals surface area contributed by atoms with Crippen LogP contribution < -0.4 is 16.4 Å². The molecule has 0 aromatic rings. The van der Waals surface area contributed by atoms with Gasteiger partial charge >= 0.3 is 0 Å². The van der Waals surface area contributed by atoms with Gasteiger partial charge in [0.25, 0.3) is 0 Å². The van der Waals surface area contributed by atoms with Crippen LogP contribution in [0.5, 0.6) is 0 Å². The monoisotopic (exact) mass is 155 g/mol. The number of nitrogens with one attached hydrogen (secondary N) is 3. The lowest BCUT2D eigenvalue weighted by atomic mass is 10.3. The molecule has 0 amide bonds. The van der Waals surface area contributed by atoms with E-state index in [0.717, 1.165) is 11.4 Å². The van der Waals surface area contributed by atoms with E-state index in [1.807, 2.05) is 13.8 Å². The first-order valence-electron chi connectivity index (χ1n) is 3.64. The quantitative estimate of drug-likeness (QED) is 0.565. The molecule has 0 spiro atoms. The van der Waals surface area contributed by atoms with Crippen LogP contribution in [0.15, 0.2) is 36.7 Å². The molecule has 3 heteroatoms. The van der Waals surface area contributed by atoms with Gasteiger partial charge in [0.15, 0.2) is 0 Å². The smallest absolute Gasteiger partial charge is 0.0744 e. The normalized spacial score (nSPS) is 14.0. The fraction of sp³-hybridized carbons (Fsp3) is 0.250. The Morgan fingerprint density at radius 2 is 1.45 bits per heavy atom. The summed E-state index contributed by atoms with van der Waals surface area (Å²) in [6.45, 7) is 11.2. The zero-order chi connectivity index (χ0) is 8.69. The van der Waals surface area contributed by atoms with Crippen LogP contribution in [0.3, 0.4) is 0 Å². The third-order valence-corrected chi connectivity index (χ3v) is 1.09. The van der Waals surface area contributed by atoms with Gasteiger partial charge in [0.1, 0.15) is 0 Å². The fourth-order valence-corrected chi connectivity index (χ4v) is 0.623. The Labute approximate surface area is 69.3 Å². The number of hydrogen-bond acceptors (Lipinski definition) is 3. The summed E-state index contributed by atoms with van der Waals surface area (Å²) in [7, 11) is 0. The molecule has 0 unspecified atom stereocenters. The summed E-state index contributed by atoms with van der Waals surface area (Å²) >= 11 is 0. The van der Waals surface area contributed by atoms with Gasteiger partial charge in [-0.15, -0.1) is 5.53 Å². The van der Waals surface area contributed by atoms with E-state index in [2.05, 4.69) is 29.5 Å². The Morgan fingerprint density at radius 3 is 1.73 bits per heavy atom. The molecule has 0 aromatic heterocycles. The van der Waals surface area contributed by atoms with Crippen molar-refractivity contribution >= 4 is 0 Å². The molecule has 1 rings (SSSR count). The molecule has 1 aliphatic rings. The minimum absolute atomic E-state index is 0. The molecular formula is C8H17N3. The summed E-state index contributed by atoms with van der Waals surface area (Å²) in [5, 5.41) is 0. The molecule has 64 valence electrons. The van der Waals surface area contributed by atoms with E-state index in [1.165, 1.54) is 0 Å². The summed E-state index contributed by atoms with van der Waals surface area (Å²) in [5.41, 5.74) is 10.2. The molecule has 0 radical (unpaired) electrons.